The molecule has 1 heterocycles. The lowest BCUT2D eigenvalue weighted by Crippen LogP contribution is -2.26. The molecule has 0 amide bonds. The summed E-state index contributed by atoms with van der Waals surface area (Å²) < 4.78 is 19.5. The van der Waals surface area contributed by atoms with Gasteiger partial charge < -0.3 is 10.5 Å². The van der Waals surface area contributed by atoms with Crippen LogP contribution in [-0.4, -0.2) is 6.54 Å². The normalized spacial score (nSPS) is 21.6. The van der Waals surface area contributed by atoms with Crippen LogP contribution in [0.4, 0.5) is 4.39 Å². The third kappa shape index (κ3) is 3.48. The SMILES string of the molecule is CCC1(C2=CC=C(F)CC=C2)OCc2cc(C#N)ccc21.CCN. The van der Waals surface area contributed by atoms with Crippen LogP contribution in [0.2, 0.25) is 0 Å². The predicted octanol–water partition coefficient (Wildman–Crippen LogP) is 4.40. The molecule has 2 aliphatic rings. The van der Waals surface area contributed by atoms with Gasteiger partial charge in [0.1, 0.15) is 11.4 Å². The van der Waals surface area contributed by atoms with Gasteiger partial charge in [0.15, 0.2) is 0 Å². The van der Waals surface area contributed by atoms with E-state index in [0.29, 0.717) is 18.6 Å². The van der Waals surface area contributed by atoms with E-state index in [9.17, 15) is 4.39 Å². The van der Waals surface area contributed by atoms with E-state index >= 15 is 0 Å². The summed E-state index contributed by atoms with van der Waals surface area (Å²) in [7, 11) is 0. The first-order chi connectivity index (χ1) is 11.6. The predicted molar refractivity (Wildman–Crippen MR) is 93.7 cm³/mol. The minimum atomic E-state index is -0.541. The van der Waals surface area contributed by atoms with Crippen LogP contribution in [0, 0.1) is 11.3 Å². The summed E-state index contributed by atoms with van der Waals surface area (Å²) in [6.45, 7) is 5.20. The summed E-state index contributed by atoms with van der Waals surface area (Å²) >= 11 is 0. The first-order valence-corrected chi connectivity index (χ1v) is 8.22. The molecule has 0 spiro atoms. The molecular weight excluding hydrogens is 303 g/mol. The number of halogens is 1. The van der Waals surface area contributed by atoms with E-state index < -0.39 is 5.60 Å². The van der Waals surface area contributed by atoms with E-state index in [0.717, 1.165) is 29.7 Å². The highest BCUT2D eigenvalue weighted by atomic mass is 19.1. The van der Waals surface area contributed by atoms with Crippen LogP contribution in [0.3, 0.4) is 0 Å². The molecule has 4 heteroatoms. The zero-order valence-corrected chi connectivity index (χ0v) is 14.2. The van der Waals surface area contributed by atoms with Gasteiger partial charge >= 0.3 is 0 Å². The molecule has 1 atom stereocenters. The molecular formula is C20H23FN2O. The summed E-state index contributed by atoms with van der Waals surface area (Å²) in [6, 6.07) is 7.81. The van der Waals surface area contributed by atoms with Crippen molar-refractivity contribution in [1.82, 2.24) is 0 Å². The largest absolute Gasteiger partial charge is 0.361 e. The highest BCUT2D eigenvalue weighted by Crippen LogP contribution is 2.45. The molecule has 1 aromatic rings. The van der Waals surface area contributed by atoms with Crippen LogP contribution < -0.4 is 5.73 Å². The maximum atomic E-state index is 13.4. The van der Waals surface area contributed by atoms with Crippen molar-refractivity contribution < 1.29 is 9.13 Å². The van der Waals surface area contributed by atoms with Gasteiger partial charge in [-0.3, -0.25) is 0 Å². The van der Waals surface area contributed by atoms with Crippen LogP contribution in [0.25, 0.3) is 0 Å². The molecule has 0 saturated carbocycles. The molecule has 0 bridgehead atoms. The molecule has 0 saturated heterocycles. The zero-order chi connectivity index (χ0) is 17.6. The van der Waals surface area contributed by atoms with Gasteiger partial charge in [-0.25, -0.2) is 4.39 Å². The number of hydrogen-bond acceptors (Lipinski definition) is 3. The fourth-order valence-electron chi connectivity index (χ4n) is 3.06. The van der Waals surface area contributed by atoms with E-state index in [2.05, 4.69) is 13.0 Å². The Kier molecular flexibility index (Phi) is 6.08. The van der Waals surface area contributed by atoms with Crippen LogP contribution in [-0.2, 0) is 16.9 Å². The van der Waals surface area contributed by atoms with Gasteiger partial charge in [0.05, 0.1) is 18.2 Å². The number of rotatable bonds is 2. The number of nitriles is 1. The summed E-state index contributed by atoms with van der Waals surface area (Å²) in [5.41, 5.74) is 8.03. The smallest absolute Gasteiger partial charge is 0.119 e. The first kappa shape index (κ1) is 18.1. The van der Waals surface area contributed by atoms with E-state index in [1.165, 1.54) is 6.08 Å². The maximum absolute atomic E-state index is 13.4. The van der Waals surface area contributed by atoms with Gasteiger partial charge in [0, 0.05) is 6.42 Å². The summed E-state index contributed by atoms with van der Waals surface area (Å²) in [5.74, 6) is -0.148. The molecule has 1 aromatic carbocycles. The van der Waals surface area contributed by atoms with Crippen LogP contribution >= 0.6 is 0 Å². The van der Waals surface area contributed by atoms with Crippen molar-refractivity contribution in [3.05, 3.63) is 70.6 Å². The second-order valence-electron chi connectivity index (χ2n) is 5.70. The minimum Gasteiger partial charge on any atom is -0.361 e. The number of fused-ring (bicyclic) bond motifs is 1. The Bertz CT molecular complexity index is 728. The Labute approximate surface area is 142 Å². The van der Waals surface area contributed by atoms with Crippen molar-refractivity contribution in [3.8, 4) is 6.07 Å². The molecule has 1 aliphatic carbocycles. The monoisotopic (exact) mass is 326 g/mol. The third-order valence-electron chi connectivity index (χ3n) is 4.16. The minimum absolute atomic E-state index is 0.148. The Hall–Kier alpha value is -2.22. The van der Waals surface area contributed by atoms with E-state index in [-0.39, 0.29) is 5.83 Å². The summed E-state index contributed by atoms with van der Waals surface area (Å²) in [5, 5.41) is 9.01. The fourth-order valence-corrected chi connectivity index (χ4v) is 3.06. The van der Waals surface area contributed by atoms with Gasteiger partial charge in [0.2, 0.25) is 0 Å². The summed E-state index contributed by atoms with van der Waals surface area (Å²) in [4.78, 5) is 0. The molecule has 0 fully saturated rings. The molecule has 1 aliphatic heterocycles. The van der Waals surface area contributed by atoms with Crippen molar-refractivity contribution in [2.24, 2.45) is 5.73 Å². The van der Waals surface area contributed by atoms with Gasteiger partial charge in [-0.15, -0.1) is 0 Å². The van der Waals surface area contributed by atoms with E-state index in [1.54, 1.807) is 6.08 Å². The zero-order valence-electron chi connectivity index (χ0n) is 14.2. The molecule has 3 rings (SSSR count). The van der Waals surface area contributed by atoms with Crippen molar-refractivity contribution in [3.63, 3.8) is 0 Å². The Morgan fingerprint density at radius 1 is 1.33 bits per heavy atom. The second-order valence-corrected chi connectivity index (χ2v) is 5.70. The average Bonchev–Trinajstić information content (AvgIpc) is 2.83. The van der Waals surface area contributed by atoms with Gasteiger partial charge in [-0.1, -0.05) is 38.1 Å². The van der Waals surface area contributed by atoms with Crippen LogP contribution in [0.1, 0.15) is 43.4 Å². The lowest BCUT2D eigenvalue weighted by atomic mass is 9.82. The molecule has 0 radical (unpaired) electrons. The highest BCUT2D eigenvalue weighted by molar-refractivity contribution is 5.50. The standard InChI is InChI=1S/C18H16FNO.C2H7N/c1-2-18(15-4-3-5-16(19)8-7-15)17-9-6-13(11-20)10-14(17)12-21-18;1-2-3/h3-4,6-10H,2,5,12H2,1H3;2-3H2,1H3. The fraction of sp³-hybridized carbons (Fsp3) is 0.350. The molecule has 2 N–H and O–H groups in total. The van der Waals surface area contributed by atoms with Crippen molar-refractivity contribution in [2.45, 2.75) is 38.9 Å². The number of nitrogens with two attached hydrogens (primary N) is 1. The van der Waals surface area contributed by atoms with Crippen LogP contribution in [0.15, 0.2) is 53.9 Å². The highest BCUT2D eigenvalue weighted by Gasteiger charge is 2.41. The lowest BCUT2D eigenvalue weighted by Gasteiger charge is -2.30. The number of nitrogens with zero attached hydrogens (tertiary/aromatic N) is 1. The maximum Gasteiger partial charge on any atom is 0.119 e. The van der Waals surface area contributed by atoms with Crippen molar-refractivity contribution >= 4 is 0 Å². The molecule has 126 valence electrons. The van der Waals surface area contributed by atoms with Gasteiger partial charge in [-0.05, 0) is 47.9 Å². The third-order valence-corrected chi connectivity index (χ3v) is 4.16. The number of ether oxygens (including phenoxy) is 1. The number of benzene rings is 1. The molecule has 24 heavy (non-hydrogen) atoms. The van der Waals surface area contributed by atoms with E-state index in [4.69, 9.17) is 15.7 Å². The second kappa shape index (κ2) is 8.05. The Balaban J connectivity index is 0.000000647. The average molecular weight is 326 g/mol. The topological polar surface area (TPSA) is 59.0 Å². The van der Waals surface area contributed by atoms with Gasteiger partial charge in [-0.2, -0.15) is 5.26 Å². The molecule has 3 nitrogen and oxygen atoms in total. The van der Waals surface area contributed by atoms with Crippen LogP contribution in [0.5, 0.6) is 0 Å². The summed E-state index contributed by atoms with van der Waals surface area (Å²) in [6.07, 6.45) is 8.16. The Morgan fingerprint density at radius 2 is 2.08 bits per heavy atom. The quantitative estimate of drug-likeness (QED) is 0.876. The molecule has 0 aromatic heterocycles. The Morgan fingerprint density at radius 3 is 2.75 bits per heavy atom. The van der Waals surface area contributed by atoms with Gasteiger partial charge in [0.25, 0.3) is 0 Å². The number of hydrogen-bond donors (Lipinski definition) is 1. The lowest BCUT2D eigenvalue weighted by molar-refractivity contribution is -0.00859. The van der Waals surface area contributed by atoms with E-state index in [1.807, 2.05) is 37.3 Å². The number of allylic oxidation sites excluding steroid dienone is 4. The molecule has 1 unspecified atom stereocenters. The van der Waals surface area contributed by atoms with Crippen molar-refractivity contribution in [1.29, 1.82) is 5.26 Å². The first-order valence-electron chi connectivity index (χ1n) is 8.22. The van der Waals surface area contributed by atoms with Crippen molar-refractivity contribution in [2.75, 3.05) is 6.54 Å².